The highest BCUT2D eigenvalue weighted by Crippen LogP contribution is 2.21. The molecule has 76 valence electrons. The van der Waals surface area contributed by atoms with Crippen LogP contribution in [-0.2, 0) is 4.79 Å². The molecule has 0 spiro atoms. The van der Waals surface area contributed by atoms with E-state index in [1.807, 2.05) is 0 Å². The van der Waals surface area contributed by atoms with Crippen LogP contribution in [0, 0.1) is 11.8 Å². The minimum atomic E-state index is 0.144. The quantitative estimate of drug-likeness (QED) is 0.684. The minimum Gasteiger partial charge on any atom is -0.396 e. The number of rotatable bonds is 4. The van der Waals surface area contributed by atoms with Crippen molar-refractivity contribution in [2.24, 2.45) is 11.8 Å². The molecule has 13 heavy (non-hydrogen) atoms. The number of amides is 1. The Kier molecular flexibility index (Phi) is 4.22. The Balaban J connectivity index is 2.36. The lowest BCUT2D eigenvalue weighted by Gasteiger charge is -2.24. The molecule has 0 aromatic rings. The maximum atomic E-state index is 11.4. The molecule has 1 amide bonds. The molecule has 0 aromatic heterocycles. The van der Waals surface area contributed by atoms with Crippen LogP contribution in [0.1, 0.15) is 32.6 Å². The molecule has 1 heterocycles. The standard InChI is InChI=1S/C10H19NO2/c1-2-8(7-12)6-9-4-3-5-11-10(9)13/h8-9,12H,2-7H2,1H3,(H,11,13). The van der Waals surface area contributed by atoms with Crippen molar-refractivity contribution in [2.75, 3.05) is 13.2 Å². The van der Waals surface area contributed by atoms with Gasteiger partial charge in [-0.2, -0.15) is 0 Å². The molecule has 0 aromatic carbocycles. The number of hydrogen-bond acceptors (Lipinski definition) is 2. The molecule has 2 N–H and O–H groups in total. The highest BCUT2D eigenvalue weighted by molar-refractivity contribution is 5.79. The van der Waals surface area contributed by atoms with Gasteiger partial charge in [-0.15, -0.1) is 0 Å². The van der Waals surface area contributed by atoms with Gasteiger partial charge in [0.05, 0.1) is 0 Å². The van der Waals surface area contributed by atoms with E-state index in [0.29, 0.717) is 5.92 Å². The van der Waals surface area contributed by atoms with Crippen molar-refractivity contribution in [2.45, 2.75) is 32.6 Å². The van der Waals surface area contributed by atoms with Gasteiger partial charge in [0.25, 0.3) is 0 Å². The van der Waals surface area contributed by atoms with Crippen LogP contribution in [0.2, 0.25) is 0 Å². The number of hydrogen-bond donors (Lipinski definition) is 2. The number of carbonyl (C=O) groups excluding carboxylic acids is 1. The van der Waals surface area contributed by atoms with Gasteiger partial charge in [0.1, 0.15) is 0 Å². The summed E-state index contributed by atoms with van der Waals surface area (Å²) in [6, 6.07) is 0. The van der Waals surface area contributed by atoms with E-state index < -0.39 is 0 Å². The lowest BCUT2D eigenvalue weighted by Crippen LogP contribution is -2.37. The Hall–Kier alpha value is -0.570. The summed E-state index contributed by atoms with van der Waals surface area (Å²) in [6.07, 6.45) is 3.87. The molecule has 1 rings (SSSR count). The van der Waals surface area contributed by atoms with Gasteiger partial charge in [-0.25, -0.2) is 0 Å². The van der Waals surface area contributed by atoms with Crippen LogP contribution in [0.3, 0.4) is 0 Å². The molecular formula is C10H19NO2. The van der Waals surface area contributed by atoms with Gasteiger partial charge < -0.3 is 10.4 Å². The fourth-order valence-electron chi connectivity index (χ4n) is 1.83. The third-order valence-corrected chi connectivity index (χ3v) is 2.85. The maximum absolute atomic E-state index is 11.4. The molecule has 0 bridgehead atoms. The lowest BCUT2D eigenvalue weighted by atomic mass is 9.87. The van der Waals surface area contributed by atoms with Gasteiger partial charge in [-0.1, -0.05) is 13.3 Å². The Morgan fingerprint density at radius 1 is 1.69 bits per heavy atom. The summed E-state index contributed by atoms with van der Waals surface area (Å²) in [5, 5.41) is 11.9. The van der Waals surface area contributed by atoms with Gasteiger partial charge in [0.2, 0.25) is 5.91 Å². The van der Waals surface area contributed by atoms with E-state index in [1.165, 1.54) is 0 Å². The predicted octanol–water partition coefficient (Wildman–Crippen LogP) is 0.921. The van der Waals surface area contributed by atoms with Gasteiger partial charge in [0, 0.05) is 19.1 Å². The molecule has 1 saturated heterocycles. The molecule has 0 aliphatic carbocycles. The summed E-state index contributed by atoms with van der Waals surface area (Å²) in [5.41, 5.74) is 0. The van der Waals surface area contributed by atoms with Crippen molar-refractivity contribution < 1.29 is 9.90 Å². The zero-order valence-electron chi connectivity index (χ0n) is 8.25. The number of aliphatic hydroxyl groups excluding tert-OH is 1. The molecule has 3 heteroatoms. The average Bonchev–Trinajstić information content (AvgIpc) is 2.17. The number of nitrogens with one attached hydrogen (secondary N) is 1. The van der Waals surface area contributed by atoms with Gasteiger partial charge in [-0.05, 0) is 25.2 Å². The second kappa shape index (κ2) is 5.22. The highest BCUT2D eigenvalue weighted by atomic mass is 16.3. The zero-order chi connectivity index (χ0) is 9.68. The molecule has 3 nitrogen and oxygen atoms in total. The first kappa shape index (κ1) is 10.5. The third kappa shape index (κ3) is 2.99. The first-order chi connectivity index (χ1) is 6.27. The first-order valence-corrected chi connectivity index (χ1v) is 5.16. The molecule has 0 radical (unpaired) electrons. The van der Waals surface area contributed by atoms with Crippen molar-refractivity contribution in [1.29, 1.82) is 0 Å². The SMILES string of the molecule is CCC(CO)CC1CCCNC1=O. The molecule has 1 fully saturated rings. The first-order valence-electron chi connectivity index (χ1n) is 5.16. The van der Waals surface area contributed by atoms with E-state index in [-0.39, 0.29) is 18.4 Å². The Morgan fingerprint density at radius 2 is 2.46 bits per heavy atom. The van der Waals surface area contributed by atoms with E-state index in [4.69, 9.17) is 5.11 Å². The number of aliphatic hydroxyl groups is 1. The lowest BCUT2D eigenvalue weighted by molar-refractivity contribution is -0.127. The summed E-state index contributed by atoms with van der Waals surface area (Å²) >= 11 is 0. The van der Waals surface area contributed by atoms with Crippen molar-refractivity contribution in [3.05, 3.63) is 0 Å². The van der Waals surface area contributed by atoms with E-state index >= 15 is 0 Å². The second-order valence-corrected chi connectivity index (χ2v) is 3.82. The predicted molar refractivity (Wildman–Crippen MR) is 51.2 cm³/mol. The van der Waals surface area contributed by atoms with Gasteiger partial charge in [0.15, 0.2) is 0 Å². The molecule has 1 aliphatic rings. The van der Waals surface area contributed by atoms with Crippen LogP contribution in [0.15, 0.2) is 0 Å². The van der Waals surface area contributed by atoms with Crippen molar-refractivity contribution >= 4 is 5.91 Å². The highest BCUT2D eigenvalue weighted by Gasteiger charge is 2.24. The average molecular weight is 185 g/mol. The monoisotopic (exact) mass is 185 g/mol. The fraction of sp³-hybridized carbons (Fsp3) is 0.900. The maximum Gasteiger partial charge on any atom is 0.223 e. The summed E-state index contributed by atoms with van der Waals surface area (Å²) in [4.78, 5) is 11.4. The van der Waals surface area contributed by atoms with E-state index in [2.05, 4.69) is 12.2 Å². The van der Waals surface area contributed by atoms with E-state index in [9.17, 15) is 4.79 Å². The number of piperidine rings is 1. The summed E-state index contributed by atoms with van der Waals surface area (Å²) in [5.74, 6) is 0.623. The molecule has 1 aliphatic heterocycles. The largest absolute Gasteiger partial charge is 0.396 e. The normalized spacial score (nSPS) is 25.4. The van der Waals surface area contributed by atoms with Crippen molar-refractivity contribution in [1.82, 2.24) is 5.32 Å². The molecular weight excluding hydrogens is 166 g/mol. The molecule has 2 unspecified atom stereocenters. The van der Waals surface area contributed by atoms with Crippen LogP contribution in [0.4, 0.5) is 0 Å². The van der Waals surface area contributed by atoms with Crippen molar-refractivity contribution in [3.8, 4) is 0 Å². The van der Waals surface area contributed by atoms with Gasteiger partial charge in [-0.3, -0.25) is 4.79 Å². The zero-order valence-corrected chi connectivity index (χ0v) is 8.25. The second-order valence-electron chi connectivity index (χ2n) is 3.82. The molecule has 2 atom stereocenters. The van der Waals surface area contributed by atoms with Crippen LogP contribution >= 0.6 is 0 Å². The van der Waals surface area contributed by atoms with Crippen molar-refractivity contribution in [3.63, 3.8) is 0 Å². The third-order valence-electron chi connectivity index (χ3n) is 2.85. The summed E-state index contributed by atoms with van der Waals surface area (Å²) in [7, 11) is 0. The Bertz CT molecular complexity index is 166. The Morgan fingerprint density at radius 3 is 3.00 bits per heavy atom. The number of carbonyl (C=O) groups is 1. The fourth-order valence-corrected chi connectivity index (χ4v) is 1.83. The van der Waals surface area contributed by atoms with E-state index in [0.717, 1.165) is 32.2 Å². The van der Waals surface area contributed by atoms with Crippen LogP contribution in [0.5, 0.6) is 0 Å². The van der Waals surface area contributed by atoms with E-state index in [1.54, 1.807) is 0 Å². The van der Waals surface area contributed by atoms with Gasteiger partial charge >= 0.3 is 0 Å². The Labute approximate surface area is 79.5 Å². The van der Waals surface area contributed by atoms with Crippen LogP contribution in [0.25, 0.3) is 0 Å². The van der Waals surface area contributed by atoms with Crippen LogP contribution in [-0.4, -0.2) is 24.2 Å². The topological polar surface area (TPSA) is 49.3 Å². The smallest absolute Gasteiger partial charge is 0.223 e. The summed E-state index contributed by atoms with van der Waals surface area (Å²) < 4.78 is 0. The summed E-state index contributed by atoms with van der Waals surface area (Å²) in [6.45, 7) is 3.09. The molecule has 0 saturated carbocycles. The minimum absolute atomic E-state index is 0.144. The van der Waals surface area contributed by atoms with Crippen LogP contribution < -0.4 is 5.32 Å².